The number of piperidine rings is 1. The average Bonchev–Trinajstić information content (AvgIpc) is 2.78. The van der Waals surface area contributed by atoms with Crippen molar-refractivity contribution in [3.63, 3.8) is 0 Å². The van der Waals surface area contributed by atoms with Crippen LogP contribution in [0.5, 0.6) is 0 Å². The van der Waals surface area contributed by atoms with E-state index in [1.54, 1.807) is 30.9 Å². The van der Waals surface area contributed by atoms with Crippen molar-refractivity contribution in [3.05, 3.63) is 35.6 Å². The molecular formula is C24H38FN3O5S. The van der Waals surface area contributed by atoms with Gasteiger partial charge >= 0.3 is 6.09 Å². The van der Waals surface area contributed by atoms with E-state index in [1.807, 2.05) is 6.07 Å². The number of halogens is 1. The van der Waals surface area contributed by atoms with Crippen molar-refractivity contribution in [1.82, 2.24) is 13.9 Å². The summed E-state index contributed by atoms with van der Waals surface area (Å²) in [5, 5.41) is 0. The Bertz CT molecular complexity index is 919. The molecule has 1 saturated heterocycles. The normalized spacial score (nSPS) is 26.1. The molecule has 2 fully saturated rings. The summed E-state index contributed by atoms with van der Waals surface area (Å²) in [6.07, 6.45) is 3.51. The van der Waals surface area contributed by atoms with Crippen molar-refractivity contribution in [2.75, 3.05) is 33.8 Å². The van der Waals surface area contributed by atoms with Gasteiger partial charge in [0.2, 0.25) is 0 Å². The first kappa shape index (κ1) is 26.8. The minimum atomic E-state index is -3.61. The Hall–Kier alpha value is -1.75. The predicted octanol–water partition coefficient (Wildman–Crippen LogP) is 3.50. The maximum absolute atomic E-state index is 13.6. The number of rotatable bonds is 8. The number of carbonyl (C=O) groups excluding carboxylic acids is 1. The van der Waals surface area contributed by atoms with E-state index in [1.165, 1.54) is 20.2 Å². The quantitative estimate of drug-likeness (QED) is 0.592. The molecule has 0 aromatic heterocycles. The lowest BCUT2D eigenvalue weighted by Gasteiger charge is -2.39. The van der Waals surface area contributed by atoms with Gasteiger partial charge in [0.05, 0.1) is 18.8 Å². The second-order valence-corrected chi connectivity index (χ2v) is 11.7. The van der Waals surface area contributed by atoms with Crippen LogP contribution in [0.15, 0.2) is 24.3 Å². The zero-order valence-corrected chi connectivity index (χ0v) is 21.4. The number of ether oxygens (including phenoxy) is 2. The lowest BCUT2D eigenvalue weighted by molar-refractivity contribution is -0.0184. The Kier molecular flexibility index (Phi) is 9.31. The molecule has 1 amide bonds. The molecule has 192 valence electrons. The number of likely N-dealkylation sites (tertiary alicyclic amines) is 1. The monoisotopic (exact) mass is 499 g/mol. The number of nitrogens with one attached hydrogen (secondary N) is 1. The van der Waals surface area contributed by atoms with Gasteiger partial charge in [0.15, 0.2) is 0 Å². The summed E-state index contributed by atoms with van der Waals surface area (Å²) >= 11 is 0. The molecule has 10 heteroatoms. The lowest BCUT2D eigenvalue weighted by atomic mass is 9.82. The summed E-state index contributed by atoms with van der Waals surface area (Å²) in [5.74, 6) is -0.0738. The zero-order valence-electron chi connectivity index (χ0n) is 20.6. The fourth-order valence-electron chi connectivity index (χ4n) is 4.68. The Labute approximate surface area is 203 Å². The van der Waals surface area contributed by atoms with Crippen LogP contribution in [0.2, 0.25) is 0 Å². The first-order valence-corrected chi connectivity index (χ1v) is 13.5. The summed E-state index contributed by atoms with van der Waals surface area (Å²) < 4.78 is 54.0. The highest BCUT2D eigenvalue weighted by molar-refractivity contribution is 7.87. The Balaban J connectivity index is 1.59. The minimum Gasteiger partial charge on any atom is -0.447 e. The highest BCUT2D eigenvalue weighted by atomic mass is 32.2. The summed E-state index contributed by atoms with van der Waals surface area (Å²) in [5.41, 5.74) is 1.03. The molecule has 34 heavy (non-hydrogen) atoms. The first-order chi connectivity index (χ1) is 16.0. The van der Waals surface area contributed by atoms with Crippen LogP contribution in [0.25, 0.3) is 0 Å². The third-order valence-electron chi connectivity index (χ3n) is 6.65. The molecule has 1 aromatic rings. The van der Waals surface area contributed by atoms with Crippen LogP contribution in [0.4, 0.5) is 9.18 Å². The van der Waals surface area contributed by atoms with Gasteiger partial charge in [-0.3, -0.25) is 0 Å². The molecule has 0 radical (unpaired) electrons. The molecule has 0 unspecified atom stereocenters. The van der Waals surface area contributed by atoms with E-state index in [2.05, 4.69) is 4.72 Å². The van der Waals surface area contributed by atoms with Gasteiger partial charge < -0.3 is 14.4 Å². The smallest absolute Gasteiger partial charge is 0.410 e. The molecule has 0 bridgehead atoms. The van der Waals surface area contributed by atoms with Gasteiger partial charge in [-0.1, -0.05) is 12.1 Å². The standard InChI is InChI=1S/C24H38FN3O5S/c1-17(2)33-24(29)28-13-12-23(26-34(30,31)27(3)4)20(15-28)16-32-22-10-8-18(9-11-22)19-6-5-7-21(25)14-19/h5-7,14,17-18,20,22-23,26H,8-13,15-16H2,1-4H3/t18?,20-,22?,23-/m0/s1. The van der Waals surface area contributed by atoms with Crippen LogP contribution in [0.1, 0.15) is 57.4 Å². The van der Waals surface area contributed by atoms with E-state index in [9.17, 15) is 17.6 Å². The first-order valence-electron chi connectivity index (χ1n) is 12.1. The molecule has 8 nitrogen and oxygen atoms in total. The number of amides is 1. The zero-order chi connectivity index (χ0) is 24.9. The number of carbonyl (C=O) groups is 1. The summed E-state index contributed by atoms with van der Waals surface area (Å²) in [6, 6.07) is 6.47. The van der Waals surface area contributed by atoms with Crippen molar-refractivity contribution < 1.29 is 27.1 Å². The summed E-state index contributed by atoms with van der Waals surface area (Å²) in [7, 11) is -0.637. The highest BCUT2D eigenvalue weighted by Gasteiger charge is 2.36. The SMILES string of the molecule is CC(C)OC(=O)N1CC[C@H](NS(=O)(=O)N(C)C)[C@H](COC2CCC(c3cccc(F)c3)CC2)C1. The second-order valence-electron chi connectivity index (χ2n) is 9.80. The van der Waals surface area contributed by atoms with Gasteiger partial charge in [-0.2, -0.15) is 17.4 Å². The number of hydrogen-bond donors (Lipinski definition) is 1. The average molecular weight is 500 g/mol. The van der Waals surface area contributed by atoms with E-state index in [4.69, 9.17) is 9.47 Å². The molecule has 2 aliphatic rings. The molecule has 0 spiro atoms. The van der Waals surface area contributed by atoms with Crippen LogP contribution < -0.4 is 4.72 Å². The van der Waals surface area contributed by atoms with E-state index in [0.717, 1.165) is 35.6 Å². The molecule has 3 rings (SSSR count). The summed E-state index contributed by atoms with van der Waals surface area (Å²) in [6.45, 7) is 4.74. The maximum atomic E-state index is 13.6. The van der Waals surface area contributed by atoms with Gasteiger partial charge in [0, 0.05) is 39.1 Å². The third kappa shape index (κ3) is 7.37. The molecule has 1 aliphatic heterocycles. The minimum absolute atomic E-state index is 0.0638. The van der Waals surface area contributed by atoms with Crippen LogP contribution in [-0.2, 0) is 19.7 Å². The van der Waals surface area contributed by atoms with Gasteiger partial charge in [-0.15, -0.1) is 0 Å². The maximum Gasteiger partial charge on any atom is 0.410 e. The molecule has 1 heterocycles. The summed E-state index contributed by atoms with van der Waals surface area (Å²) in [4.78, 5) is 14.1. The van der Waals surface area contributed by atoms with Crippen molar-refractivity contribution >= 4 is 16.3 Å². The van der Waals surface area contributed by atoms with Crippen LogP contribution in [-0.4, -0.2) is 75.8 Å². The Morgan fingerprint density at radius 3 is 2.53 bits per heavy atom. The Morgan fingerprint density at radius 1 is 1.21 bits per heavy atom. The van der Waals surface area contributed by atoms with E-state index < -0.39 is 10.2 Å². The molecule has 2 atom stereocenters. The third-order valence-corrected chi connectivity index (χ3v) is 8.21. The lowest BCUT2D eigenvalue weighted by Crippen LogP contribution is -2.55. The number of nitrogens with zero attached hydrogens (tertiary/aromatic N) is 2. The molecule has 1 aromatic carbocycles. The second kappa shape index (κ2) is 11.8. The van der Waals surface area contributed by atoms with E-state index in [-0.39, 0.29) is 36.1 Å². The number of hydrogen-bond acceptors (Lipinski definition) is 5. The van der Waals surface area contributed by atoms with Crippen LogP contribution >= 0.6 is 0 Å². The highest BCUT2D eigenvalue weighted by Crippen LogP contribution is 2.34. The molecule has 1 aliphatic carbocycles. The largest absolute Gasteiger partial charge is 0.447 e. The fourth-order valence-corrected chi connectivity index (χ4v) is 5.58. The van der Waals surface area contributed by atoms with Crippen molar-refractivity contribution in [1.29, 1.82) is 0 Å². The molecule has 1 saturated carbocycles. The van der Waals surface area contributed by atoms with Crippen LogP contribution in [0.3, 0.4) is 0 Å². The number of benzene rings is 1. The predicted molar refractivity (Wildman–Crippen MR) is 128 cm³/mol. The van der Waals surface area contributed by atoms with Crippen LogP contribution in [0, 0.1) is 11.7 Å². The van der Waals surface area contributed by atoms with Gasteiger partial charge in [0.1, 0.15) is 5.82 Å². The topological polar surface area (TPSA) is 88.2 Å². The van der Waals surface area contributed by atoms with Crippen molar-refractivity contribution in [3.8, 4) is 0 Å². The fraction of sp³-hybridized carbons (Fsp3) is 0.708. The Morgan fingerprint density at radius 2 is 1.91 bits per heavy atom. The van der Waals surface area contributed by atoms with E-state index in [0.29, 0.717) is 32.0 Å². The van der Waals surface area contributed by atoms with Gasteiger partial charge in [0.25, 0.3) is 10.2 Å². The molecule has 1 N–H and O–H groups in total. The molecular weight excluding hydrogens is 461 g/mol. The van der Waals surface area contributed by atoms with E-state index >= 15 is 0 Å². The van der Waals surface area contributed by atoms with Gasteiger partial charge in [-0.25, -0.2) is 9.18 Å². The van der Waals surface area contributed by atoms with Gasteiger partial charge in [-0.05, 0) is 69.6 Å². The van der Waals surface area contributed by atoms with Crippen molar-refractivity contribution in [2.45, 2.75) is 70.1 Å². The van der Waals surface area contributed by atoms with Crippen molar-refractivity contribution in [2.24, 2.45) is 5.92 Å².